The van der Waals surface area contributed by atoms with Crippen LogP contribution in [0.5, 0.6) is 0 Å². The topological polar surface area (TPSA) is 30.5 Å². The maximum Gasteiger partial charge on any atom is 0.0959 e. The second-order valence-electron chi connectivity index (χ2n) is 4.63. The zero-order valence-corrected chi connectivity index (χ0v) is 11.6. The summed E-state index contributed by atoms with van der Waals surface area (Å²) in [5.74, 6) is 0. The molecule has 1 saturated heterocycles. The summed E-state index contributed by atoms with van der Waals surface area (Å²) in [7, 11) is 1.71. The fraction of sp³-hybridized carbons (Fsp3) is 0.571. The summed E-state index contributed by atoms with van der Waals surface area (Å²) in [6, 6.07) is 8.22. The van der Waals surface area contributed by atoms with Crippen molar-refractivity contribution >= 4 is 11.6 Å². The molecule has 1 heterocycles. The predicted molar refractivity (Wildman–Crippen MR) is 73.0 cm³/mol. The Morgan fingerprint density at radius 3 is 2.89 bits per heavy atom. The van der Waals surface area contributed by atoms with Crippen LogP contribution >= 0.6 is 11.6 Å². The van der Waals surface area contributed by atoms with Crippen molar-refractivity contribution in [3.05, 3.63) is 34.9 Å². The maximum atomic E-state index is 6.19. The minimum absolute atomic E-state index is 0.0218. The van der Waals surface area contributed by atoms with E-state index in [-0.39, 0.29) is 12.2 Å². The van der Waals surface area contributed by atoms with E-state index in [1.54, 1.807) is 7.11 Å². The van der Waals surface area contributed by atoms with Gasteiger partial charge in [0, 0.05) is 36.9 Å². The van der Waals surface area contributed by atoms with E-state index in [1.165, 1.54) is 0 Å². The van der Waals surface area contributed by atoms with Crippen molar-refractivity contribution in [3.8, 4) is 0 Å². The molecule has 4 heteroatoms. The Balaban J connectivity index is 1.95. The number of ether oxygens (including phenoxy) is 2. The van der Waals surface area contributed by atoms with Gasteiger partial charge in [0.25, 0.3) is 0 Å². The van der Waals surface area contributed by atoms with Crippen molar-refractivity contribution in [1.82, 2.24) is 5.32 Å². The summed E-state index contributed by atoms with van der Waals surface area (Å²) in [4.78, 5) is 0. The van der Waals surface area contributed by atoms with Gasteiger partial charge in [0.2, 0.25) is 0 Å². The fourth-order valence-corrected chi connectivity index (χ4v) is 2.57. The van der Waals surface area contributed by atoms with Gasteiger partial charge < -0.3 is 14.8 Å². The van der Waals surface area contributed by atoms with Crippen LogP contribution in [0.15, 0.2) is 24.3 Å². The van der Waals surface area contributed by atoms with Crippen molar-refractivity contribution in [2.45, 2.75) is 31.6 Å². The molecule has 0 aromatic heterocycles. The second-order valence-corrected chi connectivity index (χ2v) is 5.03. The third-order valence-corrected chi connectivity index (χ3v) is 3.82. The van der Waals surface area contributed by atoms with E-state index in [4.69, 9.17) is 21.1 Å². The van der Waals surface area contributed by atoms with Crippen molar-refractivity contribution in [3.63, 3.8) is 0 Å². The van der Waals surface area contributed by atoms with Crippen molar-refractivity contribution in [2.75, 3.05) is 20.3 Å². The van der Waals surface area contributed by atoms with E-state index < -0.39 is 0 Å². The monoisotopic (exact) mass is 269 g/mol. The van der Waals surface area contributed by atoms with Gasteiger partial charge in [-0.05, 0) is 19.4 Å². The number of halogens is 1. The van der Waals surface area contributed by atoms with Gasteiger partial charge in [-0.3, -0.25) is 0 Å². The highest BCUT2D eigenvalue weighted by atomic mass is 35.5. The quantitative estimate of drug-likeness (QED) is 0.892. The molecule has 0 saturated carbocycles. The molecule has 1 aromatic carbocycles. The summed E-state index contributed by atoms with van der Waals surface area (Å²) in [6.45, 7) is 3.68. The molecule has 3 atom stereocenters. The Morgan fingerprint density at radius 2 is 2.28 bits per heavy atom. The first-order valence-electron chi connectivity index (χ1n) is 6.34. The Bertz CT molecular complexity index is 386. The molecule has 0 bridgehead atoms. The summed E-state index contributed by atoms with van der Waals surface area (Å²) in [5.41, 5.74) is 1.03. The average molecular weight is 270 g/mol. The van der Waals surface area contributed by atoms with Crippen LogP contribution in [0.3, 0.4) is 0 Å². The molecule has 100 valence electrons. The summed E-state index contributed by atoms with van der Waals surface area (Å²) < 4.78 is 11.1. The molecule has 1 N–H and O–H groups in total. The number of benzene rings is 1. The predicted octanol–water partition coefficient (Wildman–Crippen LogP) is 2.79. The number of hydrogen-bond acceptors (Lipinski definition) is 3. The van der Waals surface area contributed by atoms with Crippen LogP contribution in [-0.4, -0.2) is 32.4 Å². The average Bonchev–Trinajstić information content (AvgIpc) is 2.78. The first-order valence-corrected chi connectivity index (χ1v) is 6.72. The van der Waals surface area contributed by atoms with E-state index in [2.05, 4.69) is 12.2 Å². The minimum atomic E-state index is -0.0218. The summed E-state index contributed by atoms with van der Waals surface area (Å²) in [5, 5.41) is 4.25. The molecule has 3 nitrogen and oxygen atoms in total. The second kappa shape index (κ2) is 6.53. The number of nitrogens with one attached hydrogen (secondary N) is 1. The van der Waals surface area contributed by atoms with Gasteiger partial charge in [-0.1, -0.05) is 29.8 Å². The largest absolute Gasteiger partial charge is 0.377 e. The Hall–Kier alpha value is -0.610. The van der Waals surface area contributed by atoms with Crippen LogP contribution in [0.1, 0.15) is 25.0 Å². The zero-order valence-electron chi connectivity index (χ0n) is 10.9. The van der Waals surface area contributed by atoms with Crippen LogP contribution in [0.25, 0.3) is 0 Å². The van der Waals surface area contributed by atoms with Crippen LogP contribution in [-0.2, 0) is 9.47 Å². The van der Waals surface area contributed by atoms with E-state index in [9.17, 15) is 0 Å². The van der Waals surface area contributed by atoms with Crippen molar-refractivity contribution in [1.29, 1.82) is 0 Å². The lowest BCUT2D eigenvalue weighted by atomic mass is 10.1. The molecule has 1 aromatic rings. The van der Waals surface area contributed by atoms with E-state index >= 15 is 0 Å². The first kappa shape index (κ1) is 13.8. The lowest BCUT2D eigenvalue weighted by Crippen LogP contribution is -2.37. The smallest absolute Gasteiger partial charge is 0.0959 e. The molecule has 0 radical (unpaired) electrons. The van der Waals surface area contributed by atoms with E-state index in [0.29, 0.717) is 6.04 Å². The molecular weight excluding hydrogens is 250 g/mol. The Labute approximate surface area is 113 Å². The molecule has 1 aliphatic rings. The van der Waals surface area contributed by atoms with Gasteiger partial charge in [-0.2, -0.15) is 0 Å². The molecule has 2 rings (SSSR count). The molecule has 18 heavy (non-hydrogen) atoms. The lowest BCUT2D eigenvalue weighted by molar-refractivity contribution is 0.0868. The Kier molecular flexibility index (Phi) is 5.01. The fourth-order valence-electron chi connectivity index (χ4n) is 2.31. The Morgan fingerprint density at radius 1 is 1.50 bits per heavy atom. The maximum absolute atomic E-state index is 6.19. The molecule has 1 fully saturated rings. The van der Waals surface area contributed by atoms with Crippen LogP contribution in [0.2, 0.25) is 5.02 Å². The lowest BCUT2D eigenvalue weighted by Gasteiger charge is -2.22. The molecular formula is C14H20ClNO2. The molecule has 0 aliphatic carbocycles. The number of methoxy groups -OCH3 is 1. The van der Waals surface area contributed by atoms with E-state index in [1.807, 2.05) is 24.3 Å². The van der Waals surface area contributed by atoms with Gasteiger partial charge in [0.1, 0.15) is 0 Å². The molecule has 1 aliphatic heterocycles. The zero-order chi connectivity index (χ0) is 13.0. The van der Waals surface area contributed by atoms with Crippen LogP contribution in [0.4, 0.5) is 0 Å². The first-order chi connectivity index (χ1) is 8.72. The van der Waals surface area contributed by atoms with E-state index in [0.717, 1.165) is 30.2 Å². The highest BCUT2D eigenvalue weighted by Crippen LogP contribution is 2.25. The van der Waals surface area contributed by atoms with Crippen molar-refractivity contribution < 1.29 is 9.47 Å². The standard InChI is InChI=1S/C14H20ClNO2/c1-10-13(7-8-18-10)16-9-14(17-2)11-5-3-4-6-12(11)15/h3-6,10,13-14,16H,7-9H2,1-2H3/t10-,13-,14+/m0/s1. The third kappa shape index (κ3) is 3.23. The highest BCUT2D eigenvalue weighted by Gasteiger charge is 2.25. The minimum Gasteiger partial charge on any atom is -0.377 e. The summed E-state index contributed by atoms with van der Waals surface area (Å²) >= 11 is 6.19. The van der Waals surface area contributed by atoms with Crippen molar-refractivity contribution in [2.24, 2.45) is 0 Å². The van der Waals surface area contributed by atoms with Crippen LogP contribution in [0, 0.1) is 0 Å². The van der Waals surface area contributed by atoms with Gasteiger partial charge in [-0.25, -0.2) is 0 Å². The van der Waals surface area contributed by atoms with Gasteiger partial charge in [0.05, 0.1) is 12.2 Å². The summed E-state index contributed by atoms with van der Waals surface area (Å²) in [6.07, 6.45) is 1.31. The molecule has 0 unspecified atom stereocenters. The van der Waals surface area contributed by atoms with Crippen LogP contribution < -0.4 is 5.32 Å². The number of hydrogen-bond donors (Lipinski definition) is 1. The normalized spacial score (nSPS) is 25.3. The van der Waals surface area contributed by atoms with Gasteiger partial charge in [0.15, 0.2) is 0 Å². The molecule has 0 spiro atoms. The SMILES string of the molecule is CO[C@H](CN[C@H]1CCO[C@H]1C)c1ccccc1Cl. The molecule has 0 amide bonds. The van der Waals surface area contributed by atoms with Gasteiger partial charge in [-0.15, -0.1) is 0 Å². The van der Waals surface area contributed by atoms with Gasteiger partial charge >= 0.3 is 0 Å². The highest BCUT2D eigenvalue weighted by molar-refractivity contribution is 6.31. The number of rotatable bonds is 5. The third-order valence-electron chi connectivity index (χ3n) is 3.48.